The Hall–Kier alpha value is -0.460. The lowest BCUT2D eigenvalue weighted by Gasteiger charge is -2.19. The standard InChI is InChI=1S/C9H15N/c1-10-7-6-8-4-2-3-5-9(8)10/h2-7H2,1H3. The molecule has 0 aromatic carbocycles. The van der Waals surface area contributed by atoms with E-state index in [9.17, 15) is 0 Å². The Balaban J connectivity index is 2.20. The van der Waals surface area contributed by atoms with Crippen LogP contribution in [0.5, 0.6) is 0 Å². The molecule has 56 valence electrons. The molecule has 0 aromatic heterocycles. The first-order valence-corrected chi connectivity index (χ1v) is 4.30. The predicted octanol–water partition coefficient (Wildman–Crippen LogP) is 2.15. The fraction of sp³-hybridized carbons (Fsp3) is 0.778. The summed E-state index contributed by atoms with van der Waals surface area (Å²) in [5, 5.41) is 0. The lowest BCUT2D eigenvalue weighted by Crippen LogP contribution is -2.13. The molecule has 2 rings (SSSR count). The van der Waals surface area contributed by atoms with E-state index in [-0.39, 0.29) is 0 Å². The molecule has 0 radical (unpaired) electrons. The van der Waals surface area contributed by atoms with Crippen LogP contribution in [-0.2, 0) is 0 Å². The third-order valence-electron chi connectivity index (χ3n) is 2.76. The van der Waals surface area contributed by atoms with Gasteiger partial charge in [0.05, 0.1) is 0 Å². The number of allylic oxidation sites excluding steroid dienone is 1. The van der Waals surface area contributed by atoms with Crippen LogP contribution in [-0.4, -0.2) is 18.5 Å². The summed E-state index contributed by atoms with van der Waals surface area (Å²) in [6.45, 7) is 1.28. The Morgan fingerprint density at radius 3 is 2.70 bits per heavy atom. The highest BCUT2D eigenvalue weighted by Crippen LogP contribution is 2.33. The van der Waals surface area contributed by atoms with E-state index < -0.39 is 0 Å². The number of rotatable bonds is 0. The molecule has 0 N–H and O–H groups in total. The summed E-state index contributed by atoms with van der Waals surface area (Å²) in [4.78, 5) is 2.44. The maximum atomic E-state index is 2.44. The van der Waals surface area contributed by atoms with Gasteiger partial charge in [-0.1, -0.05) is 0 Å². The highest BCUT2D eigenvalue weighted by molar-refractivity contribution is 5.20. The molecule has 0 spiro atoms. The van der Waals surface area contributed by atoms with E-state index >= 15 is 0 Å². The molecule has 10 heavy (non-hydrogen) atoms. The molecule has 1 heterocycles. The first-order valence-electron chi connectivity index (χ1n) is 4.30. The molecule has 1 heteroatoms. The summed E-state index contributed by atoms with van der Waals surface area (Å²) < 4.78 is 0. The van der Waals surface area contributed by atoms with Crippen molar-refractivity contribution in [2.45, 2.75) is 32.1 Å². The minimum atomic E-state index is 1.28. The third-order valence-corrected chi connectivity index (χ3v) is 2.76. The topological polar surface area (TPSA) is 3.24 Å². The second-order valence-electron chi connectivity index (χ2n) is 3.43. The van der Waals surface area contributed by atoms with Gasteiger partial charge in [-0.25, -0.2) is 0 Å². The van der Waals surface area contributed by atoms with E-state index in [0.717, 1.165) is 0 Å². The molecule has 0 bridgehead atoms. The van der Waals surface area contributed by atoms with E-state index in [1.54, 1.807) is 11.3 Å². The molecule has 1 aliphatic heterocycles. The molecule has 0 amide bonds. The van der Waals surface area contributed by atoms with Crippen molar-refractivity contribution >= 4 is 0 Å². The SMILES string of the molecule is CN1CCC2=C1CCCC2. The van der Waals surface area contributed by atoms with E-state index in [0.29, 0.717) is 0 Å². The van der Waals surface area contributed by atoms with Crippen molar-refractivity contribution < 1.29 is 0 Å². The van der Waals surface area contributed by atoms with Crippen LogP contribution in [0.15, 0.2) is 11.3 Å². The van der Waals surface area contributed by atoms with Crippen molar-refractivity contribution in [1.29, 1.82) is 0 Å². The van der Waals surface area contributed by atoms with Crippen molar-refractivity contribution in [3.05, 3.63) is 11.3 Å². The summed E-state index contributed by atoms with van der Waals surface area (Å²) >= 11 is 0. The van der Waals surface area contributed by atoms with Crippen molar-refractivity contribution in [3.63, 3.8) is 0 Å². The quantitative estimate of drug-likeness (QED) is 0.494. The second kappa shape index (κ2) is 2.30. The summed E-state index contributed by atoms with van der Waals surface area (Å²) in [7, 11) is 2.23. The monoisotopic (exact) mass is 137 g/mol. The molecular weight excluding hydrogens is 122 g/mol. The third kappa shape index (κ3) is 0.845. The summed E-state index contributed by atoms with van der Waals surface area (Å²) in [6, 6.07) is 0. The van der Waals surface area contributed by atoms with Gasteiger partial charge in [-0.05, 0) is 37.7 Å². The van der Waals surface area contributed by atoms with Gasteiger partial charge in [0.25, 0.3) is 0 Å². The molecule has 0 saturated carbocycles. The highest BCUT2D eigenvalue weighted by Gasteiger charge is 2.20. The molecule has 0 saturated heterocycles. The molecule has 2 aliphatic rings. The average Bonchev–Trinajstić information content (AvgIpc) is 2.34. The molecule has 0 unspecified atom stereocenters. The van der Waals surface area contributed by atoms with Gasteiger partial charge in [-0.15, -0.1) is 0 Å². The summed E-state index contributed by atoms with van der Waals surface area (Å²) in [6.07, 6.45) is 6.95. The zero-order chi connectivity index (χ0) is 6.97. The number of hydrogen-bond donors (Lipinski definition) is 0. The zero-order valence-corrected chi connectivity index (χ0v) is 6.69. The van der Waals surface area contributed by atoms with E-state index in [2.05, 4.69) is 11.9 Å². The smallest absolute Gasteiger partial charge is 0.0209 e. The Morgan fingerprint density at radius 2 is 1.90 bits per heavy atom. The van der Waals surface area contributed by atoms with Crippen LogP contribution in [0.3, 0.4) is 0 Å². The highest BCUT2D eigenvalue weighted by atomic mass is 15.1. The van der Waals surface area contributed by atoms with E-state index in [4.69, 9.17) is 0 Å². The fourth-order valence-electron chi connectivity index (χ4n) is 2.12. The maximum Gasteiger partial charge on any atom is 0.0209 e. The van der Waals surface area contributed by atoms with Crippen molar-refractivity contribution in [3.8, 4) is 0 Å². The lowest BCUT2D eigenvalue weighted by atomic mass is 9.97. The van der Waals surface area contributed by atoms with E-state index in [1.807, 2.05) is 0 Å². The lowest BCUT2D eigenvalue weighted by molar-refractivity contribution is 0.433. The minimum absolute atomic E-state index is 1.28. The number of hydrogen-bond acceptors (Lipinski definition) is 1. The van der Waals surface area contributed by atoms with Crippen LogP contribution in [0.25, 0.3) is 0 Å². The van der Waals surface area contributed by atoms with Gasteiger partial charge in [0, 0.05) is 19.3 Å². The van der Waals surface area contributed by atoms with Crippen LogP contribution in [0.1, 0.15) is 32.1 Å². The van der Waals surface area contributed by atoms with Gasteiger partial charge < -0.3 is 4.90 Å². The fourth-order valence-corrected chi connectivity index (χ4v) is 2.12. The Morgan fingerprint density at radius 1 is 1.10 bits per heavy atom. The number of nitrogens with zero attached hydrogens (tertiary/aromatic N) is 1. The van der Waals surface area contributed by atoms with Crippen LogP contribution >= 0.6 is 0 Å². The largest absolute Gasteiger partial charge is 0.378 e. The molecular formula is C9H15N. The molecule has 0 atom stereocenters. The Labute approximate surface area is 62.7 Å². The molecule has 0 aromatic rings. The zero-order valence-electron chi connectivity index (χ0n) is 6.69. The van der Waals surface area contributed by atoms with Crippen LogP contribution in [0, 0.1) is 0 Å². The van der Waals surface area contributed by atoms with Gasteiger partial charge in [0.15, 0.2) is 0 Å². The molecule has 0 fully saturated rings. The van der Waals surface area contributed by atoms with Crippen LogP contribution in [0.2, 0.25) is 0 Å². The average molecular weight is 137 g/mol. The van der Waals surface area contributed by atoms with Crippen LogP contribution < -0.4 is 0 Å². The van der Waals surface area contributed by atoms with Gasteiger partial charge in [-0.3, -0.25) is 0 Å². The van der Waals surface area contributed by atoms with Crippen molar-refractivity contribution in [2.24, 2.45) is 0 Å². The van der Waals surface area contributed by atoms with Gasteiger partial charge in [0.1, 0.15) is 0 Å². The maximum absolute atomic E-state index is 2.44. The normalized spacial score (nSPS) is 25.5. The summed E-state index contributed by atoms with van der Waals surface area (Å²) in [5.41, 5.74) is 3.43. The first kappa shape index (κ1) is 6.26. The summed E-state index contributed by atoms with van der Waals surface area (Å²) in [5.74, 6) is 0. The van der Waals surface area contributed by atoms with E-state index in [1.165, 1.54) is 38.6 Å². The van der Waals surface area contributed by atoms with Crippen molar-refractivity contribution in [1.82, 2.24) is 4.90 Å². The first-order chi connectivity index (χ1) is 4.88. The Kier molecular flexibility index (Phi) is 1.44. The second-order valence-corrected chi connectivity index (χ2v) is 3.43. The predicted molar refractivity (Wildman–Crippen MR) is 42.7 cm³/mol. The van der Waals surface area contributed by atoms with Crippen LogP contribution in [0.4, 0.5) is 0 Å². The van der Waals surface area contributed by atoms with Gasteiger partial charge in [-0.2, -0.15) is 0 Å². The van der Waals surface area contributed by atoms with Gasteiger partial charge >= 0.3 is 0 Å². The Bertz CT molecular complexity index is 170. The van der Waals surface area contributed by atoms with Crippen molar-refractivity contribution in [2.75, 3.05) is 13.6 Å². The molecule has 1 nitrogen and oxygen atoms in total. The minimum Gasteiger partial charge on any atom is -0.378 e. The molecule has 1 aliphatic carbocycles. The van der Waals surface area contributed by atoms with Gasteiger partial charge in [0.2, 0.25) is 0 Å².